The number of unbranched alkanes of at least 4 members (excludes halogenated alkanes) is 1. The first-order valence-electron chi connectivity index (χ1n) is 42.2. The van der Waals surface area contributed by atoms with Gasteiger partial charge in [-0.1, -0.05) is 124 Å². The Morgan fingerprint density at radius 1 is 0.500 bits per heavy atom. The highest BCUT2D eigenvalue weighted by molar-refractivity contribution is 6.30. The van der Waals surface area contributed by atoms with Crippen molar-refractivity contribution >= 4 is 128 Å². The Morgan fingerprint density at radius 3 is 1.42 bits per heavy atom. The van der Waals surface area contributed by atoms with E-state index in [1.165, 1.54) is 24.2 Å². The number of fused-ring (bicyclic) bond motifs is 1. The molecule has 0 spiro atoms. The monoisotopic (exact) mass is 1750 g/mol. The van der Waals surface area contributed by atoms with Gasteiger partial charge in [0.05, 0.1) is 12.8 Å². The summed E-state index contributed by atoms with van der Waals surface area (Å²) in [5, 5.41) is 66.2. The second-order valence-electron chi connectivity index (χ2n) is 31.9. The lowest BCUT2D eigenvalue weighted by atomic mass is 9.99. The smallest absolute Gasteiger partial charge is 0.245 e. The number of pyridine rings is 1. The Bertz CT molecular complexity index is 4960. The van der Waals surface area contributed by atoms with E-state index in [4.69, 9.17) is 28.8 Å². The molecule has 1 saturated heterocycles. The topological polar surface area (TPSA) is 571 Å². The standard InChI is InChI=1S/C87H116ClN25O13/c1-50(2)41-65(75(118)100-64(18-9-10-37-93-51(3)4)83(126)113-40-14-19-72(113)82(125)96-52(5)89)101-77(120)68(44-55-25-32-62(33-26-55)98-73(116)20-12-38-94-86-107-84(90)109-111-86)103-79(122)69(45-56-27-34-63(35-28-56)99-74(117)21-13-39-95-87-108-85(91)110-112-87)105-81(124)71(49-114)106-80(123)70(47-58-15-11-36-92-48-58)104-78(121)67(43-54-23-30-61(88)31-24-54)102-76(119)66(97-53(6)115)46-57-22-29-59-16-7-8-17-60(59)42-57/h7-8,11,15-17,22-36,42,48,50-52,64-72,93,114H,9-10,12-14,18-21,37-41,43-47,49,89H2,1-6H3,(H,96,125)(H,97,115)(H,98,116)(H,99,117)(H,100,118)(H,101,120)(H,102,119)(H,103,122)(H,104,121)(H,105,124)(H,106,123)(H4,90,94,107,109,111)(H4,91,95,108,110,112)/t52-,64+,65+,66-,67-,68-,69+,70-,71+,72+/m1/s1. The van der Waals surface area contributed by atoms with Gasteiger partial charge < -0.3 is 102 Å². The van der Waals surface area contributed by atoms with Crippen molar-refractivity contribution in [3.05, 3.63) is 173 Å². The molecule has 1 aliphatic heterocycles. The van der Waals surface area contributed by atoms with Gasteiger partial charge in [-0.25, -0.2) is 10.2 Å². The van der Waals surface area contributed by atoms with Gasteiger partial charge in [0.1, 0.15) is 54.4 Å². The van der Waals surface area contributed by atoms with Gasteiger partial charge >= 0.3 is 0 Å². The van der Waals surface area contributed by atoms with Gasteiger partial charge in [-0.3, -0.25) is 62.5 Å². The number of carbonyl (C=O) groups excluding carboxylic acids is 12. The van der Waals surface area contributed by atoms with Crippen molar-refractivity contribution in [3.8, 4) is 0 Å². The van der Waals surface area contributed by atoms with Crippen molar-refractivity contribution in [1.82, 2.24) is 93.4 Å². The summed E-state index contributed by atoms with van der Waals surface area (Å²) >= 11 is 6.30. The van der Waals surface area contributed by atoms with Gasteiger partial charge in [0, 0.05) is 106 Å². The van der Waals surface area contributed by atoms with Crippen molar-refractivity contribution in [2.24, 2.45) is 11.7 Å². The lowest BCUT2D eigenvalue weighted by molar-refractivity contribution is -0.142. The zero-order valence-corrected chi connectivity index (χ0v) is 72.2. The molecule has 0 bridgehead atoms. The molecule has 4 heterocycles. The van der Waals surface area contributed by atoms with E-state index in [1.54, 1.807) is 91.9 Å². The number of benzene rings is 5. The maximum Gasteiger partial charge on any atom is 0.245 e. The van der Waals surface area contributed by atoms with Crippen LogP contribution in [-0.2, 0) is 89.6 Å². The maximum atomic E-state index is 15.7. The van der Waals surface area contributed by atoms with E-state index in [-0.39, 0.29) is 112 Å². The zero-order valence-electron chi connectivity index (χ0n) is 71.5. The number of carbonyl (C=O) groups is 12. The minimum absolute atomic E-state index is 0.0146. The van der Waals surface area contributed by atoms with Crippen LogP contribution in [0.1, 0.15) is 134 Å². The van der Waals surface area contributed by atoms with E-state index in [9.17, 15) is 33.9 Å². The van der Waals surface area contributed by atoms with Gasteiger partial charge in [-0.15, -0.1) is 10.2 Å². The first-order chi connectivity index (χ1) is 60.4. The van der Waals surface area contributed by atoms with Crippen LogP contribution >= 0.6 is 11.6 Å². The molecule has 0 saturated carbocycles. The number of anilines is 6. The van der Waals surface area contributed by atoms with Crippen LogP contribution < -0.4 is 91.6 Å². The van der Waals surface area contributed by atoms with Crippen LogP contribution in [0.25, 0.3) is 10.8 Å². The van der Waals surface area contributed by atoms with E-state index < -0.39 is 126 Å². The quantitative estimate of drug-likeness (QED) is 0.0192. The molecule has 1 fully saturated rings. The Morgan fingerprint density at radius 2 is 0.952 bits per heavy atom. The number of hydrogen-bond acceptors (Lipinski definition) is 24. The predicted octanol–water partition coefficient (Wildman–Crippen LogP) is 2.98. The van der Waals surface area contributed by atoms with Crippen LogP contribution in [0.15, 0.2) is 140 Å². The summed E-state index contributed by atoms with van der Waals surface area (Å²) in [5.41, 5.74) is 20.4. The van der Waals surface area contributed by atoms with E-state index >= 15 is 28.8 Å². The van der Waals surface area contributed by atoms with E-state index in [2.05, 4.69) is 110 Å². The number of nitrogen functional groups attached to an aromatic ring is 2. The van der Waals surface area contributed by atoms with Crippen LogP contribution in [0, 0.1) is 5.92 Å². The highest BCUT2D eigenvalue weighted by Crippen LogP contribution is 2.24. The van der Waals surface area contributed by atoms with Crippen molar-refractivity contribution in [2.45, 2.75) is 204 Å². The third-order valence-electron chi connectivity index (χ3n) is 20.5. The van der Waals surface area contributed by atoms with Gasteiger partial charge in [0.2, 0.25) is 94.7 Å². The highest BCUT2D eigenvalue weighted by atomic mass is 35.5. The summed E-state index contributed by atoms with van der Waals surface area (Å²) in [6.45, 7) is 10.9. The number of nitrogens with zero attached hydrogens (tertiary/aromatic N) is 6. The maximum absolute atomic E-state index is 15.7. The number of aromatic nitrogens is 7. The van der Waals surface area contributed by atoms with E-state index in [0.717, 1.165) is 10.8 Å². The molecule has 38 nitrogen and oxygen atoms in total. The Kier molecular flexibility index (Phi) is 37.4. The lowest BCUT2D eigenvalue weighted by Gasteiger charge is -2.31. The number of hydrogen-bond donors (Lipinski definition) is 20. The molecule has 5 aromatic carbocycles. The van der Waals surface area contributed by atoms with Gasteiger partial charge in [0.15, 0.2) is 0 Å². The third kappa shape index (κ3) is 31.8. The van der Waals surface area contributed by atoms with Crippen LogP contribution in [0.3, 0.4) is 0 Å². The highest BCUT2D eigenvalue weighted by Gasteiger charge is 2.40. The molecule has 0 radical (unpaired) electrons. The molecule has 23 N–H and O–H groups in total. The number of aliphatic hydroxyl groups is 1. The number of aromatic amines is 2. The average Bonchev–Trinajstić information content (AvgIpc) is 1.52. The van der Waals surface area contributed by atoms with Gasteiger partial charge in [0.25, 0.3) is 0 Å². The first-order valence-corrected chi connectivity index (χ1v) is 42.6. The molecule has 0 aliphatic carbocycles. The number of amides is 12. The second kappa shape index (κ2) is 48.7. The molecule has 8 aromatic rings. The SMILES string of the molecule is CC(=O)N[C@H](Cc1ccc2ccccc2c1)C(=O)N[C@H](Cc1ccc(Cl)cc1)C(=O)N[C@H](Cc1cccnc1)C(=O)N[C@@H](CO)C(=O)N[C@@H](Cc1ccc(NC(=O)CCCNc2n[nH]c(N)n2)cc1)C(=O)N[C@H](Cc1ccc(NC(=O)CCCNc2n[nH]c(N)n2)cc1)C(=O)N[C@@H](CC(C)C)C(=O)N[C@@H](CCCCNC(C)C)C(=O)N1CCC[C@H]1C(=O)N[C@H](C)N. The summed E-state index contributed by atoms with van der Waals surface area (Å²) in [4.78, 5) is 187. The Labute approximate surface area is 735 Å². The van der Waals surface area contributed by atoms with Gasteiger partial charge in [-0.2, -0.15) is 9.97 Å². The molecule has 12 amide bonds. The number of nitrogens with two attached hydrogens (primary N) is 3. The van der Waals surface area contributed by atoms with E-state index in [1.807, 2.05) is 70.2 Å². The van der Waals surface area contributed by atoms with Crippen LogP contribution in [0.4, 0.5) is 35.2 Å². The lowest BCUT2D eigenvalue weighted by Crippen LogP contribution is -2.62. The van der Waals surface area contributed by atoms with Crippen molar-refractivity contribution < 1.29 is 62.6 Å². The molecular weight excluding hydrogens is 1640 g/mol. The summed E-state index contributed by atoms with van der Waals surface area (Å²) in [5.74, 6) is -8.10. The molecule has 0 unspecified atom stereocenters. The molecule has 674 valence electrons. The summed E-state index contributed by atoms with van der Waals surface area (Å²) < 4.78 is 0. The first kappa shape index (κ1) is 96.6. The molecule has 1 aliphatic rings. The molecule has 3 aromatic heterocycles. The molecule has 9 rings (SSSR count). The number of nitrogens with one attached hydrogen (secondary N) is 16. The molecular formula is C87H116ClN25O13. The van der Waals surface area contributed by atoms with Crippen LogP contribution in [0.5, 0.6) is 0 Å². The Balaban J connectivity index is 1.01. The number of likely N-dealkylation sites (tertiary alicyclic amines) is 1. The minimum atomic E-state index is -1.89. The fraction of sp³-hybridized carbons (Fsp3) is 0.437. The number of aliphatic hydroxyl groups excluding tert-OH is 1. The second-order valence-corrected chi connectivity index (χ2v) is 32.4. The normalized spacial score (nSPS) is 14.6. The van der Waals surface area contributed by atoms with Crippen LogP contribution in [-0.4, -0.2) is 216 Å². The molecule has 39 heteroatoms. The van der Waals surface area contributed by atoms with E-state index in [0.29, 0.717) is 102 Å². The van der Waals surface area contributed by atoms with Crippen molar-refractivity contribution in [3.63, 3.8) is 0 Å². The molecule has 10 atom stereocenters. The fourth-order valence-corrected chi connectivity index (χ4v) is 14.4. The van der Waals surface area contributed by atoms with Crippen LogP contribution in [0.2, 0.25) is 5.02 Å². The Hall–Kier alpha value is -13.2. The predicted molar refractivity (Wildman–Crippen MR) is 477 cm³/mol. The minimum Gasteiger partial charge on any atom is -0.394 e. The largest absolute Gasteiger partial charge is 0.394 e. The number of H-pyrrole nitrogens is 2. The molecule has 126 heavy (non-hydrogen) atoms. The average molecular weight is 1760 g/mol. The van der Waals surface area contributed by atoms with Crippen molar-refractivity contribution in [1.29, 1.82) is 0 Å². The number of rotatable bonds is 49. The third-order valence-corrected chi connectivity index (χ3v) is 20.8. The number of halogens is 1. The van der Waals surface area contributed by atoms with Crippen molar-refractivity contribution in [2.75, 3.05) is 65.5 Å². The fourth-order valence-electron chi connectivity index (χ4n) is 14.2. The summed E-state index contributed by atoms with van der Waals surface area (Å²) in [6.07, 6.45) is 4.21. The zero-order chi connectivity index (χ0) is 90.8. The van der Waals surface area contributed by atoms with Gasteiger partial charge in [-0.05, 0) is 152 Å². The summed E-state index contributed by atoms with van der Waals surface area (Å²) in [6, 6.07) is 23.0. The summed E-state index contributed by atoms with van der Waals surface area (Å²) in [7, 11) is 0.